The van der Waals surface area contributed by atoms with Crippen molar-refractivity contribution in [1.29, 1.82) is 0 Å². The summed E-state index contributed by atoms with van der Waals surface area (Å²) in [6.07, 6.45) is 1.80. The Morgan fingerprint density at radius 3 is 2.42 bits per heavy atom. The van der Waals surface area contributed by atoms with Gasteiger partial charge in [-0.05, 0) is 22.6 Å². The molecule has 0 unspecified atom stereocenters. The minimum absolute atomic E-state index is 0.103. The Hall–Kier alpha value is -3.38. The van der Waals surface area contributed by atoms with Crippen molar-refractivity contribution in [3.63, 3.8) is 0 Å². The molecule has 2 heterocycles. The van der Waals surface area contributed by atoms with E-state index < -0.39 is 30.4 Å². The average molecular weight is 374 g/mol. The smallest absolute Gasteiger partial charge is 0.387 e. The Morgan fingerprint density at radius 2 is 1.77 bits per heavy atom. The van der Waals surface area contributed by atoms with E-state index >= 15 is 0 Å². The Morgan fingerprint density at radius 1 is 1.04 bits per heavy atom. The number of hydrogen-bond donors (Lipinski definition) is 0. The van der Waals surface area contributed by atoms with Gasteiger partial charge in [-0.15, -0.1) is 5.10 Å². The molecule has 0 radical (unpaired) electrons. The van der Waals surface area contributed by atoms with Crippen LogP contribution in [0, 0.1) is 5.82 Å². The van der Waals surface area contributed by atoms with Crippen LogP contribution < -0.4 is 9.47 Å². The zero-order valence-corrected chi connectivity index (χ0v) is 12.4. The van der Waals surface area contributed by atoms with E-state index in [9.17, 15) is 22.0 Å². The highest BCUT2D eigenvalue weighted by atomic mass is 19.3. The molecule has 0 aliphatic carbocycles. The predicted molar refractivity (Wildman–Crippen MR) is 73.2 cm³/mol. The van der Waals surface area contributed by atoms with Crippen LogP contribution in [0.1, 0.15) is 6.55 Å². The molecular formula is C13H7F5N6O2. The third-order valence-corrected chi connectivity index (χ3v) is 2.91. The molecule has 0 spiro atoms. The van der Waals surface area contributed by atoms with Crippen LogP contribution >= 0.6 is 0 Å². The van der Waals surface area contributed by atoms with Crippen LogP contribution in [0.25, 0.3) is 11.4 Å². The number of aromatic nitrogens is 6. The normalized spacial score (nSPS) is 11.2. The van der Waals surface area contributed by atoms with Crippen molar-refractivity contribution in [2.45, 2.75) is 13.2 Å². The molecule has 13 heteroatoms. The Balaban J connectivity index is 1.94. The number of benzene rings is 1. The molecule has 0 N–H and O–H groups in total. The SMILES string of the molecule is Fc1cccc(Oc2ncc(OC(F)F)cn2)c1-c1nnnn1C(F)F. The number of ether oxygens (including phenoxy) is 2. The van der Waals surface area contributed by atoms with E-state index in [4.69, 9.17) is 4.74 Å². The molecule has 0 aliphatic rings. The van der Waals surface area contributed by atoms with Gasteiger partial charge in [-0.2, -0.15) is 32.2 Å². The van der Waals surface area contributed by atoms with Crippen molar-refractivity contribution in [2.75, 3.05) is 0 Å². The van der Waals surface area contributed by atoms with Gasteiger partial charge in [-0.25, -0.2) is 4.39 Å². The topological polar surface area (TPSA) is 87.8 Å². The molecule has 0 atom stereocenters. The van der Waals surface area contributed by atoms with Crippen LogP contribution in [0.3, 0.4) is 0 Å². The van der Waals surface area contributed by atoms with Gasteiger partial charge in [0, 0.05) is 0 Å². The number of alkyl halides is 4. The number of hydrogen-bond acceptors (Lipinski definition) is 7. The summed E-state index contributed by atoms with van der Waals surface area (Å²) in [7, 11) is 0. The third-order valence-electron chi connectivity index (χ3n) is 2.91. The highest BCUT2D eigenvalue weighted by Gasteiger charge is 2.23. The molecule has 0 saturated heterocycles. The molecule has 26 heavy (non-hydrogen) atoms. The molecule has 0 aliphatic heterocycles. The van der Waals surface area contributed by atoms with Crippen LogP contribution in [-0.2, 0) is 0 Å². The fraction of sp³-hybridized carbons (Fsp3) is 0.154. The minimum Gasteiger partial charge on any atom is -0.432 e. The molecular weight excluding hydrogens is 367 g/mol. The van der Waals surface area contributed by atoms with Gasteiger partial charge < -0.3 is 9.47 Å². The van der Waals surface area contributed by atoms with Crippen molar-refractivity contribution in [3.8, 4) is 28.9 Å². The molecule has 3 rings (SSSR count). The summed E-state index contributed by atoms with van der Waals surface area (Å²) < 4.78 is 73.7. The monoisotopic (exact) mass is 374 g/mol. The maximum Gasteiger partial charge on any atom is 0.387 e. The second-order valence-electron chi connectivity index (χ2n) is 4.52. The average Bonchev–Trinajstić information content (AvgIpc) is 3.06. The Bertz CT molecular complexity index is 889. The highest BCUT2D eigenvalue weighted by Crippen LogP contribution is 2.34. The fourth-order valence-corrected chi connectivity index (χ4v) is 1.92. The van der Waals surface area contributed by atoms with Crippen molar-refractivity contribution in [1.82, 2.24) is 30.2 Å². The van der Waals surface area contributed by atoms with Gasteiger partial charge in [0.1, 0.15) is 11.6 Å². The van der Waals surface area contributed by atoms with Crippen LogP contribution in [-0.4, -0.2) is 36.8 Å². The summed E-state index contributed by atoms with van der Waals surface area (Å²) >= 11 is 0. The maximum absolute atomic E-state index is 14.2. The van der Waals surface area contributed by atoms with E-state index in [1.54, 1.807) is 0 Å². The Labute approximate surface area is 141 Å². The van der Waals surface area contributed by atoms with Gasteiger partial charge in [0.25, 0.3) is 0 Å². The van der Waals surface area contributed by atoms with Crippen LogP contribution in [0.5, 0.6) is 17.5 Å². The lowest BCUT2D eigenvalue weighted by atomic mass is 10.1. The molecule has 0 amide bonds. The molecule has 1 aromatic carbocycles. The van der Waals surface area contributed by atoms with E-state index in [1.807, 2.05) is 0 Å². The summed E-state index contributed by atoms with van der Waals surface area (Å²) in [4.78, 5) is 7.23. The summed E-state index contributed by atoms with van der Waals surface area (Å²) in [6, 6.07) is 3.12. The summed E-state index contributed by atoms with van der Waals surface area (Å²) in [5, 5.41) is 9.55. The first kappa shape index (κ1) is 17.4. The minimum atomic E-state index is -3.12. The van der Waals surface area contributed by atoms with Crippen LogP contribution in [0.15, 0.2) is 30.6 Å². The van der Waals surface area contributed by atoms with E-state index in [-0.39, 0.29) is 22.2 Å². The predicted octanol–water partition coefficient (Wildman–Crippen LogP) is 3.06. The van der Waals surface area contributed by atoms with Crippen molar-refractivity contribution < 1.29 is 31.4 Å². The first-order valence-corrected chi connectivity index (χ1v) is 6.75. The largest absolute Gasteiger partial charge is 0.432 e. The first-order valence-electron chi connectivity index (χ1n) is 6.75. The molecule has 136 valence electrons. The zero-order chi connectivity index (χ0) is 18.7. The van der Waals surface area contributed by atoms with E-state index in [0.29, 0.717) is 0 Å². The van der Waals surface area contributed by atoms with Gasteiger partial charge in [-0.3, -0.25) is 0 Å². The molecule has 0 saturated carbocycles. The summed E-state index contributed by atoms with van der Waals surface area (Å²) in [6.45, 7) is -6.18. The summed E-state index contributed by atoms with van der Waals surface area (Å²) in [5.74, 6) is -2.10. The number of rotatable bonds is 6. The fourth-order valence-electron chi connectivity index (χ4n) is 1.92. The van der Waals surface area contributed by atoms with Gasteiger partial charge in [0.05, 0.1) is 18.0 Å². The number of halogens is 5. The maximum atomic E-state index is 14.2. The third kappa shape index (κ3) is 3.65. The van der Waals surface area contributed by atoms with Crippen molar-refractivity contribution in [3.05, 3.63) is 36.4 Å². The van der Waals surface area contributed by atoms with E-state index in [1.165, 1.54) is 12.1 Å². The summed E-state index contributed by atoms with van der Waals surface area (Å²) in [5.41, 5.74) is -0.450. The molecule has 0 fully saturated rings. The molecule has 3 aromatic rings. The number of nitrogens with zero attached hydrogens (tertiary/aromatic N) is 6. The zero-order valence-electron chi connectivity index (χ0n) is 12.4. The molecule has 0 bridgehead atoms. The lowest BCUT2D eigenvalue weighted by Crippen LogP contribution is -2.06. The molecule has 8 nitrogen and oxygen atoms in total. The second kappa shape index (κ2) is 7.25. The van der Waals surface area contributed by atoms with Gasteiger partial charge in [0.15, 0.2) is 11.6 Å². The van der Waals surface area contributed by atoms with Crippen molar-refractivity contribution in [2.24, 2.45) is 0 Å². The van der Waals surface area contributed by atoms with Gasteiger partial charge >= 0.3 is 19.2 Å². The van der Waals surface area contributed by atoms with Gasteiger partial charge in [-0.1, -0.05) is 6.07 Å². The van der Waals surface area contributed by atoms with Crippen LogP contribution in [0.4, 0.5) is 22.0 Å². The van der Waals surface area contributed by atoms with Crippen LogP contribution in [0.2, 0.25) is 0 Å². The second-order valence-corrected chi connectivity index (χ2v) is 4.52. The van der Waals surface area contributed by atoms with E-state index in [0.717, 1.165) is 18.5 Å². The Kier molecular flexibility index (Phi) is 4.86. The first-order chi connectivity index (χ1) is 12.5. The quantitative estimate of drug-likeness (QED) is 0.613. The lowest BCUT2D eigenvalue weighted by molar-refractivity contribution is -0.0503. The molecule has 2 aromatic heterocycles. The van der Waals surface area contributed by atoms with Gasteiger partial charge in [0.2, 0.25) is 0 Å². The number of tetrazole rings is 1. The highest BCUT2D eigenvalue weighted by molar-refractivity contribution is 5.65. The lowest BCUT2D eigenvalue weighted by Gasteiger charge is -2.11. The van der Waals surface area contributed by atoms with E-state index in [2.05, 4.69) is 30.2 Å². The standard InChI is InChI=1S/C13H7F5N6O2/c14-7-2-1-3-8(9(7)10-21-22-23-24(10)11(15)16)26-13-19-4-6(5-20-13)25-12(17)18/h1-5,11-12H. The van der Waals surface area contributed by atoms with Crippen molar-refractivity contribution >= 4 is 0 Å².